The third-order valence-corrected chi connectivity index (χ3v) is 1.81. The molecular formula is C6H5NO3S. The molecule has 0 fully saturated rings. The molecule has 1 aromatic carbocycles. The lowest BCUT2D eigenvalue weighted by atomic mass is 10.3. The van der Waals surface area contributed by atoms with E-state index in [-0.39, 0.29) is 10.6 Å². The summed E-state index contributed by atoms with van der Waals surface area (Å²) in [6.45, 7) is 0. The van der Waals surface area contributed by atoms with Gasteiger partial charge in [0.15, 0.2) is 0 Å². The minimum absolute atomic E-state index is 0.275. The molecule has 0 heterocycles. The Morgan fingerprint density at radius 3 is 2.36 bits per heavy atom. The van der Waals surface area contributed by atoms with Crippen molar-refractivity contribution < 1.29 is 13.0 Å². The fourth-order valence-electron chi connectivity index (χ4n) is 0.530. The van der Waals surface area contributed by atoms with Crippen molar-refractivity contribution in [3.63, 3.8) is 0 Å². The molecule has 2 radical (unpaired) electrons. The summed E-state index contributed by atoms with van der Waals surface area (Å²) < 4.78 is 29.3. The number of nitrogen functional groups attached to an aromatic ring is 1. The van der Waals surface area contributed by atoms with Gasteiger partial charge in [0.1, 0.15) is 4.90 Å². The largest absolute Gasteiger partial charge is 0.398 e. The summed E-state index contributed by atoms with van der Waals surface area (Å²) in [5.74, 6) is 0. The Balaban J connectivity index is 3.20. The van der Waals surface area contributed by atoms with Crippen molar-refractivity contribution in [3.05, 3.63) is 24.3 Å². The van der Waals surface area contributed by atoms with Crippen molar-refractivity contribution >= 4 is 15.8 Å². The van der Waals surface area contributed by atoms with Gasteiger partial charge in [0.25, 0.3) is 10.1 Å². The lowest BCUT2D eigenvalue weighted by Crippen LogP contribution is -1.98. The molecule has 0 unspecified atom stereocenters. The van der Waals surface area contributed by atoms with Gasteiger partial charge in [0.2, 0.25) is 0 Å². The van der Waals surface area contributed by atoms with Gasteiger partial charge in [0, 0.05) is 17.8 Å². The molecule has 0 aromatic heterocycles. The third kappa shape index (κ3) is 1.92. The molecule has 3 N–H and O–H groups in total. The van der Waals surface area contributed by atoms with E-state index in [9.17, 15) is 8.42 Å². The van der Waals surface area contributed by atoms with E-state index in [1.54, 1.807) is 0 Å². The first-order valence-electron chi connectivity index (χ1n) is 2.66. The number of benzene rings is 1. The maximum atomic E-state index is 10.4. The molecule has 1 rings (SSSR count). The van der Waals surface area contributed by atoms with Crippen LogP contribution in [-0.4, -0.2) is 13.0 Å². The lowest BCUT2D eigenvalue weighted by molar-refractivity contribution is 0.483. The van der Waals surface area contributed by atoms with Crippen LogP contribution in [0.1, 0.15) is 0 Å². The van der Waals surface area contributed by atoms with Crippen LogP contribution in [0.3, 0.4) is 0 Å². The second-order valence-electron chi connectivity index (χ2n) is 1.87. The quantitative estimate of drug-likeness (QED) is 0.464. The molecule has 0 aliphatic heterocycles. The number of nitrogens with two attached hydrogens (primary N) is 1. The van der Waals surface area contributed by atoms with Crippen LogP contribution < -0.4 is 5.73 Å². The van der Waals surface area contributed by atoms with Crippen molar-refractivity contribution in [1.82, 2.24) is 0 Å². The van der Waals surface area contributed by atoms with Crippen LogP contribution in [0, 0.1) is 12.1 Å². The first-order valence-corrected chi connectivity index (χ1v) is 4.10. The highest BCUT2D eigenvalue weighted by atomic mass is 32.2. The normalized spacial score (nSPS) is 11.4. The molecule has 0 saturated heterocycles. The molecule has 0 aliphatic carbocycles. The Bertz CT molecular complexity index is 341. The average Bonchev–Trinajstić information content (AvgIpc) is 1.86. The Morgan fingerprint density at radius 2 is 2.00 bits per heavy atom. The van der Waals surface area contributed by atoms with E-state index in [0.717, 1.165) is 6.07 Å². The fourth-order valence-corrected chi connectivity index (χ4v) is 0.946. The number of rotatable bonds is 1. The summed E-state index contributed by atoms with van der Waals surface area (Å²) in [5.41, 5.74) is 5.48. The standard InChI is InChI=1S/C6H5NO3S/c7-5-1-3-6(4-2-5)11(8,9)10/h1,4H,7H2,(H,8,9,10). The van der Waals surface area contributed by atoms with Gasteiger partial charge in [-0.15, -0.1) is 0 Å². The molecule has 4 nitrogen and oxygen atoms in total. The highest BCUT2D eigenvalue weighted by molar-refractivity contribution is 7.85. The number of hydrogen-bond donors (Lipinski definition) is 2. The second kappa shape index (κ2) is 2.52. The van der Waals surface area contributed by atoms with Gasteiger partial charge < -0.3 is 5.73 Å². The molecule has 0 saturated carbocycles. The van der Waals surface area contributed by atoms with E-state index in [4.69, 9.17) is 10.3 Å². The predicted molar refractivity (Wildman–Crippen MR) is 38.3 cm³/mol. The topological polar surface area (TPSA) is 80.4 Å². The molecule has 0 atom stereocenters. The van der Waals surface area contributed by atoms with Crippen LogP contribution in [0.2, 0.25) is 0 Å². The third-order valence-electron chi connectivity index (χ3n) is 1.02. The first-order chi connectivity index (χ1) is 5.00. The van der Waals surface area contributed by atoms with Crippen LogP contribution in [0.15, 0.2) is 17.0 Å². The van der Waals surface area contributed by atoms with Crippen LogP contribution in [0.5, 0.6) is 0 Å². The van der Waals surface area contributed by atoms with Gasteiger partial charge >= 0.3 is 0 Å². The Hall–Kier alpha value is -1.07. The van der Waals surface area contributed by atoms with Crippen LogP contribution in [0.25, 0.3) is 0 Å². The van der Waals surface area contributed by atoms with Crippen LogP contribution in [0.4, 0.5) is 5.69 Å². The van der Waals surface area contributed by atoms with Crippen molar-refractivity contribution in [2.24, 2.45) is 0 Å². The number of hydrogen-bond acceptors (Lipinski definition) is 3. The van der Waals surface area contributed by atoms with Crippen LogP contribution in [-0.2, 0) is 10.1 Å². The zero-order chi connectivity index (χ0) is 8.48. The molecule has 1 aromatic rings. The van der Waals surface area contributed by atoms with E-state index in [1.165, 1.54) is 6.07 Å². The zero-order valence-electron chi connectivity index (χ0n) is 5.40. The van der Waals surface area contributed by atoms with Crippen LogP contribution >= 0.6 is 0 Å². The van der Waals surface area contributed by atoms with Gasteiger partial charge in [-0.25, -0.2) is 0 Å². The van der Waals surface area contributed by atoms with Crippen molar-refractivity contribution in [1.29, 1.82) is 0 Å². The van der Waals surface area contributed by atoms with E-state index in [2.05, 4.69) is 12.1 Å². The van der Waals surface area contributed by atoms with E-state index in [0.29, 0.717) is 0 Å². The molecule has 5 heteroatoms. The smallest absolute Gasteiger partial charge is 0.295 e. The summed E-state index contributed by atoms with van der Waals surface area (Å²) in [6.07, 6.45) is 0. The molecule has 0 amide bonds. The Labute approximate surface area is 64.4 Å². The second-order valence-corrected chi connectivity index (χ2v) is 3.26. The van der Waals surface area contributed by atoms with Gasteiger partial charge in [0.05, 0.1) is 0 Å². The summed E-state index contributed by atoms with van der Waals surface area (Å²) in [6, 6.07) is 6.98. The van der Waals surface area contributed by atoms with Gasteiger partial charge in [-0.05, 0) is 12.1 Å². The molecule has 11 heavy (non-hydrogen) atoms. The molecular weight excluding hydrogens is 166 g/mol. The maximum Gasteiger partial charge on any atom is 0.295 e. The molecule has 58 valence electrons. The van der Waals surface area contributed by atoms with Gasteiger partial charge in [-0.3, -0.25) is 4.55 Å². The average molecular weight is 171 g/mol. The van der Waals surface area contributed by atoms with E-state index >= 15 is 0 Å². The monoisotopic (exact) mass is 171 g/mol. The Morgan fingerprint density at radius 1 is 1.36 bits per heavy atom. The summed E-state index contributed by atoms with van der Waals surface area (Å²) >= 11 is 0. The van der Waals surface area contributed by atoms with Gasteiger partial charge in [-0.2, -0.15) is 8.42 Å². The Kier molecular flexibility index (Phi) is 1.84. The fraction of sp³-hybridized carbons (Fsp3) is 0. The molecule has 0 spiro atoms. The van der Waals surface area contributed by atoms with E-state index in [1.807, 2.05) is 0 Å². The zero-order valence-corrected chi connectivity index (χ0v) is 6.22. The minimum Gasteiger partial charge on any atom is -0.398 e. The lowest BCUT2D eigenvalue weighted by Gasteiger charge is -1.94. The SMILES string of the molecule is Nc1[c]cc(S(=O)(=O)O)[c]c1. The van der Waals surface area contributed by atoms with Crippen molar-refractivity contribution in [3.8, 4) is 0 Å². The first kappa shape index (κ1) is 8.03. The highest BCUT2D eigenvalue weighted by Gasteiger charge is 2.07. The van der Waals surface area contributed by atoms with Gasteiger partial charge in [-0.1, -0.05) is 0 Å². The maximum absolute atomic E-state index is 10.4. The summed E-state index contributed by atoms with van der Waals surface area (Å²) in [4.78, 5) is -0.327. The molecule has 0 bridgehead atoms. The number of anilines is 1. The predicted octanol–water partition coefficient (Wildman–Crippen LogP) is 0.116. The van der Waals surface area contributed by atoms with E-state index < -0.39 is 10.1 Å². The highest BCUT2D eigenvalue weighted by Crippen LogP contribution is 2.08. The summed E-state index contributed by atoms with van der Waals surface area (Å²) in [7, 11) is -4.16. The molecule has 0 aliphatic rings. The minimum atomic E-state index is -4.16. The summed E-state index contributed by atoms with van der Waals surface area (Å²) in [5, 5.41) is 0. The van der Waals surface area contributed by atoms with Crippen molar-refractivity contribution in [2.75, 3.05) is 5.73 Å². The van der Waals surface area contributed by atoms with Crippen molar-refractivity contribution in [2.45, 2.75) is 4.90 Å².